The van der Waals surface area contributed by atoms with Crippen LogP contribution in [0.1, 0.15) is 11.1 Å². The number of methoxy groups -OCH3 is 1. The standard InChI is InChI=1S/C27H21Cl2N3O3S/c1-35-20-12-10-19(11-13-20)32-26(34)23(14-18-8-5-9-22(28)24(18)29)36-27(32)21(15-30)25(33)31-16-17-6-3-2-4-7-17/h2-13,23H,14,16H2,1H3,(H,31,33)/b27-21-. The SMILES string of the molecule is COc1ccc(N2C(=O)C(Cc3cccc(Cl)c3Cl)S/C2=C(/C#N)C(=O)NCc2ccccc2)cc1. The lowest BCUT2D eigenvalue weighted by molar-refractivity contribution is -0.117. The van der Waals surface area contributed by atoms with Crippen molar-refractivity contribution in [3.05, 3.63) is 105 Å². The lowest BCUT2D eigenvalue weighted by Crippen LogP contribution is -2.32. The summed E-state index contributed by atoms with van der Waals surface area (Å²) < 4.78 is 5.23. The number of ether oxygens (including phenoxy) is 1. The summed E-state index contributed by atoms with van der Waals surface area (Å²) in [6, 6.07) is 23.5. The molecule has 1 atom stereocenters. The lowest BCUT2D eigenvalue weighted by Gasteiger charge is -2.19. The van der Waals surface area contributed by atoms with Gasteiger partial charge in [-0.1, -0.05) is 77.4 Å². The van der Waals surface area contributed by atoms with Crippen LogP contribution in [0.25, 0.3) is 0 Å². The maximum atomic E-state index is 13.6. The minimum Gasteiger partial charge on any atom is -0.497 e. The van der Waals surface area contributed by atoms with Crippen molar-refractivity contribution in [2.24, 2.45) is 0 Å². The van der Waals surface area contributed by atoms with E-state index < -0.39 is 11.2 Å². The first-order valence-electron chi connectivity index (χ1n) is 11.0. The summed E-state index contributed by atoms with van der Waals surface area (Å²) in [7, 11) is 1.55. The number of amides is 2. The fraction of sp³-hybridized carbons (Fsp3) is 0.148. The number of nitrogens with zero attached hydrogens (tertiary/aromatic N) is 2. The van der Waals surface area contributed by atoms with Crippen molar-refractivity contribution in [2.45, 2.75) is 18.2 Å². The second-order valence-electron chi connectivity index (χ2n) is 7.86. The molecule has 2 amide bonds. The summed E-state index contributed by atoms with van der Waals surface area (Å²) in [5, 5.41) is 13.2. The van der Waals surface area contributed by atoms with E-state index in [1.54, 1.807) is 49.6 Å². The maximum Gasteiger partial charge on any atom is 0.264 e. The molecule has 1 N–H and O–H groups in total. The van der Waals surface area contributed by atoms with Crippen LogP contribution in [0.5, 0.6) is 5.75 Å². The molecule has 3 aromatic carbocycles. The van der Waals surface area contributed by atoms with Crippen LogP contribution in [-0.4, -0.2) is 24.2 Å². The van der Waals surface area contributed by atoms with Crippen molar-refractivity contribution < 1.29 is 14.3 Å². The molecule has 9 heteroatoms. The number of nitriles is 1. The van der Waals surface area contributed by atoms with Crippen LogP contribution in [0, 0.1) is 11.3 Å². The fourth-order valence-electron chi connectivity index (χ4n) is 3.73. The number of hydrogen-bond acceptors (Lipinski definition) is 5. The van der Waals surface area contributed by atoms with E-state index in [9.17, 15) is 14.9 Å². The molecule has 1 saturated heterocycles. The van der Waals surface area contributed by atoms with Crippen molar-refractivity contribution in [1.82, 2.24) is 5.32 Å². The summed E-state index contributed by atoms with van der Waals surface area (Å²) >= 11 is 13.7. The minimum atomic E-state index is -0.608. The van der Waals surface area contributed by atoms with Gasteiger partial charge in [-0.2, -0.15) is 5.26 Å². The highest BCUT2D eigenvalue weighted by Gasteiger charge is 2.41. The third kappa shape index (κ3) is 5.52. The number of thioether (sulfide) groups is 1. The molecule has 0 aliphatic carbocycles. The first-order valence-corrected chi connectivity index (χ1v) is 12.6. The third-order valence-corrected chi connectivity index (χ3v) is 7.69. The van der Waals surface area contributed by atoms with Gasteiger partial charge >= 0.3 is 0 Å². The Morgan fingerprint density at radius 2 is 1.81 bits per heavy atom. The molecule has 0 spiro atoms. The van der Waals surface area contributed by atoms with E-state index >= 15 is 0 Å². The summed E-state index contributed by atoms with van der Waals surface area (Å²) in [5.41, 5.74) is 1.98. The molecule has 1 aliphatic heterocycles. The smallest absolute Gasteiger partial charge is 0.264 e. The highest BCUT2D eigenvalue weighted by Crippen LogP contribution is 2.43. The van der Waals surface area contributed by atoms with Crippen LogP contribution < -0.4 is 15.0 Å². The van der Waals surface area contributed by atoms with Gasteiger partial charge in [0.15, 0.2) is 0 Å². The first kappa shape index (κ1) is 25.6. The van der Waals surface area contributed by atoms with Gasteiger partial charge in [-0.15, -0.1) is 0 Å². The molecule has 1 fully saturated rings. The summed E-state index contributed by atoms with van der Waals surface area (Å²) in [4.78, 5) is 28.1. The predicted molar refractivity (Wildman–Crippen MR) is 143 cm³/mol. The molecule has 0 saturated carbocycles. The summed E-state index contributed by atoms with van der Waals surface area (Å²) in [6.45, 7) is 0.251. The highest BCUT2D eigenvalue weighted by atomic mass is 35.5. The normalized spacial score (nSPS) is 16.4. The zero-order chi connectivity index (χ0) is 25.7. The van der Waals surface area contributed by atoms with Crippen LogP contribution in [0.2, 0.25) is 10.0 Å². The van der Waals surface area contributed by atoms with Crippen molar-refractivity contribution in [3.63, 3.8) is 0 Å². The van der Waals surface area contributed by atoms with Crippen LogP contribution in [0.4, 0.5) is 5.69 Å². The van der Waals surface area contributed by atoms with Crippen LogP contribution in [0.3, 0.4) is 0 Å². The highest BCUT2D eigenvalue weighted by molar-refractivity contribution is 8.05. The molecule has 0 aromatic heterocycles. The van der Waals surface area contributed by atoms with Gasteiger partial charge in [0.25, 0.3) is 5.91 Å². The Bertz CT molecular complexity index is 1350. The molecular weight excluding hydrogens is 517 g/mol. The van der Waals surface area contributed by atoms with Crippen molar-refractivity contribution in [3.8, 4) is 11.8 Å². The molecule has 6 nitrogen and oxygen atoms in total. The van der Waals surface area contributed by atoms with E-state index in [-0.39, 0.29) is 29.5 Å². The summed E-state index contributed by atoms with van der Waals surface area (Å²) in [5.74, 6) is -0.205. The maximum absolute atomic E-state index is 13.6. The second-order valence-corrected chi connectivity index (χ2v) is 9.83. The molecule has 1 aliphatic rings. The number of halogens is 2. The van der Waals surface area contributed by atoms with Gasteiger partial charge in [0.05, 0.1) is 22.4 Å². The Morgan fingerprint density at radius 3 is 2.47 bits per heavy atom. The minimum absolute atomic E-state index is 0.139. The van der Waals surface area contributed by atoms with E-state index in [4.69, 9.17) is 27.9 Å². The monoisotopic (exact) mass is 537 g/mol. The molecule has 1 heterocycles. The van der Waals surface area contributed by atoms with Gasteiger partial charge in [0, 0.05) is 12.2 Å². The number of anilines is 1. The Hall–Kier alpha value is -3.44. The zero-order valence-corrected chi connectivity index (χ0v) is 21.5. The van der Waals surface area contributed by atoms with Gasteiger partial charge in [-0.25, -0.2) is 0 Å². The Kier molecular flexibility index (Phi) is 8.21. The quantitative estimate of drug-likeness (QED) is 0.306. The molecule has 182 valence electrons. The average Bonchev–Trinajstić information content (AvgIpc) is 3.21. The molecule has 0 bridgehead atoms. The Balaban J connectivity index is 1.69. The van der Waals surface area contributed by atoms with E-state index in [0.717, 1.165) is 17.3 Å². The fourth-order valence-corrected chi connectivity index (χ4v) is 5.42. The molecular formula is C27H21Cl2N3O3S. The number of nitrogens with one attached hydrogen (secondary N) is 1. The number of hydrogen-bond donors (Lipinski definition) is 1. The summed E-state index contributed by atoms with van der Waals surface area (Å²) in [6.07, 6.45) is 0.281. The third-order valence-electron chi connectivity index (χ3n) is 5.57. The van der Waals surface area contributed by atoms with E-state index in [1.807, 2.05) is 36.4 Å². The first-order chi connectivity index (χ1) is 17.4. The second kappa shape index (κ2) is 11.5. The number of rotatable bonds is 7. The van der Waals surface area contributed by atoms with Crippen LogP contribution in [-0.2, 0) is 22.6 Å². The number of benzene rings is 3. The molecule has 36 heavy (non-hydrogen) atoms. The topological polar surface area (TPSA) is 82.4 Å². The number of carbonyl (C=O) groups is 2. The van der Waals surface area contributed by atoms with Crippen LogP contribution in [0.15, 0.2) is 83.4 Å². The molecule has 1 unspecified atom stereocenters. The van der Waals surface area contributed by atoms with Crippen molar-refractivity contribution in [1.29, 1.82) is 5.26 Å². The molecule has 0 radical (unpaired) electrons. The molecule has 4 rings (SSSR count). The van der Waals surface area contributed by atoms with Crippen molar-refractivity contribution >= 4 is 52.5 Å². The number of carbonyl (C=O) groups excluding carboxylic acids is 2. The lowest BCUT2D eigenvalue weighted by atomic mass is 10.1. The van der Waals surface area contributed by atoms with E-state index in [0.29, 0.717) is 27.0 Å². The van der Waals surface area contributed by atoms with Gasteiger partial charge < -0.3 is 10.1 Å². The van der Waals surface area contributed by atoms with Gasteiger partial charge in [0.1, 0.15) is 22.4 Å². The van der Waals surface area contributed by atoms with E-state index in [1.165, 1.54) is 4.90 Å². The Morgan fingerprint density at radius 1 is 1.08 bits per heavy atom. The molecule has 3 aromatic rings. The predicted octanol–water partition coefficient (Wildman–Crippen LogP) is 5.74. The van der Waals surface area contributed by atoms with Crippen LogP contribution >= 0.6 is 35.0 Å². The van der Waals surface area contributed by atoms with Gasteiger partial charge in [-0.05, 0) is 47.9 Å². The Labute approximate surface area is 223 Å². The van der Waals surface area contributed by atoms with E-state index in [2.05, 4.69) is 5.32 Å². The van der Waals surface area contributed by atoms with Gasteiger partial charge in [0.2, 0.25) is 5.91 Å². The average molecular weight is 538 g/mol. The van der Waals surface area contributed by atoms with Gasteiger partial charge in [-0.3, -0.25) is 14.5 Å². The largest absolute Gasteiger partial charge is 0.497 e. The van der Waals surface area contributed by atoms with Crippen molar-refractivity contribution in [2.75, 3.05) is 12.0 Å². The zero-order valence-electron chi connectivity index (χ0n) is 19.2.